The molecule has 6 rings (SSSR count). The number of imide groups is 1. The third-order valence-electron chi connectivity index (χ3n) is 7.84. The number of benzene rings is 3. The minimum atomic E-state index is -0.674. The molecule has 2 aliphatic rings. The first-order valence-electron chi connectivity index (χ1n) is 13.5. The maximum atomic E-state index is 14.2. The number of hydrogen-bond donors (Lipinski definition) is 2. The molecule has 2 aliphatic heterocycles. The smallest absolute Gasteiger partial charge is 0.332 e. The van der Waals surface area contributed by atoms with E-state index in [2.05, 4.69) is 30.2 Å². The maximum absolute atomic E-state index is 14.2. The summed E-state index contributed by atoms with van der Waals surface area (Å²) in [5, 5.41) is 4.01. The van der Waals surface area contributed by atoms with Gasteiger partial charge in [0.05, 0.1) is 11.3 Å². The normalized spacial score (nSPS) is 18.6. The van der Waals surface area contributed by atoms with Gasteiger partial charge in [0.15, 0.2) is 0 Å². The Kier molecular flexibility index (Phi) is 6.22. The highest BCUT2D eigenvalue weighted by molar-refractivity contribution is 6.24. The van der Waals surface area contributed by atoms with Crippen LogP contribution in [0.25, 0.3) is 10.9 Å². The largest absolute Gasteiger partial charge is 0.356 e. The summed E-state index contributed by atoms with van der Waals surface area (Å²) < 4.78 is 0. The Morgan fingerprint density at radius 1 is 1.00 bits per heavy atom. The number of hydrogen-bond acceptors (Lipinski definition) is 3. The Bertz CT molecular complexity index is 1590. The molecule has 39 heavy (non-hydrogen) atoms. The fraction of sp³-hybridized carbons (Fsp3) is 0.281. The predicted molar refractivity (Wildman–Crippen MR) is 152 cm³/mol. The molecule has 1 fully saturated rings. The van der Waals surface area contributed by atoms with Crippen LogP contribution in [-0.4, -0.2) is 40.3 Å². The second kappa shape index (κ2) is 9.73. The first-order valence-corrected chi connectivity index (χ1v) is 13.5. The molecule has 0 aliphatic carbocycles. The standard InChI is InChI=1S/C32H32N4O3/c1-19(2)16-17-33-30(37)23-9-5-7-11-26(23)36-31(38)27-18-24-22-8-4-6-10-25(22)34-28(24)29(35(27)32(36)39)21-14-12-20(3)13-15-21/h4-15,19,27,29,34H,16-18H2,1-3H3,(H,33,37)/t27-,29?/m0/s1. The van der Waals surface area contributed by atoms with Crippen molar-refractivity contribution >= 4 is 34.4 Å². The molecular formula is C32H32N4O3. The molecule has 7 nitrogen and oxygen atoms in total. The molecule has 3 aromatic carbocycles. The Hall–Kier alpha value is -4.39. The molecule has 0 spiro atoms. The molecule has 3 heterocycles. The summed E-state index contributed by atoms with van der Waals surface area (Å²) in [5.74, 6) is -0.149. The molecule has 1 aromatic heterocycles. The number of amides is 4. The zero-order valence-electron chi connectivity index (χ0n) is 22.4. The zero-order valence-corrected chi connectivity index (χ0v) is 22.4. The number of nitrogens with one attached hydrogen (secondary N) is 2. The fourth-order valence-corrected chi connectivity index (χ4v) is 5.82. The number of aromatic nitrogens is 1. The average molecular weight is 521 g/mol. The first-order chi connectivity index (χ1) is 18.8. The summed E-state index contributed by atoms with van der Waals surface area (Å²) in [6.07, 6.45) is 1.25. The van der Waals surface area contributed by atoms with Crippen molar-refractivity contribution in [1.29, 1.82) is 0 Å². The molecule has 4 aromatic rings. The van der Waals surface area contributed by atoms with Crippen molar-refractivity contribution in [3.63, 3.8) is 0 Å². The predicted octanol–water partition coefficient (Wildman–Crippen LogP) is 5.74. The van der Waals surface area contributed by atoms with Crippen molar-refractivity contribution in [1.82, 2.24) is 15.2 Å². The van der Waals surface area contributed by atoms with Gasteiger partial charge in [-0.1, -0.05) is 74.0 Å². The highest BCUT2D eigenvalue weighted by atomic mass is 16.2. The Morgan fingerprint density at radius 2 is 1.72 bits per heavy atom. The summed E-state index contributed by atoms with van der Waals surface area (Å²) >= 11 is 0. The Balaban J connectivity index is 1.43. The maximum Gasteiger partial charge on any atom is 0.332 e. The van der Waals surface area contributed by atoms with E-state index in [-0.39, 0.29) is 11.8 Å². The van der Waals surface area contributed by atoms with Crippen molar-refractivity contribution in [2.24, 2.45) is 5.92 Å². The van der Waals surface area contributed by atoms with Gasteiger partial charge in [-0.15, -0.1) is 0 Å². The van der Waals surface area contributed by atoms with Gasteiger partial charge in [-0.25, -0.2) is 9.69 Å². The van der Waals surface area contributed by atoms with E-state index in [0.29, 0.717) is 30.1 Å². The van der Waals surface area contributed by atoms with Crippen LogP contribution in [0.15, 0.2) is 72.8 Å². The highest BCUT2D eigenvalue weighted by Crippen LogP contribution is 2.45. The lowest BCUT2D eigenvalue weighted by molar-refractivity contribution is -0.120. The molecule has 0 bridgehead atoms. The lowest BCUT2D eigenvalue weighted by Crippen LogP contribution is -2.44. The third-order valence-corrected chi connectivity index (χ3v) is 7.84. The average Bonchev–Trinajstić information content (AvgIpc) is 3.42. The number of carbonyl (C=O) groups is 3. The topological polar surface area (TPSA) is 85.5 Å². The summed E-state index contributed by atoms with van der Waals surface area (Å²) in [7, 11) is 0. The second-order valence-electron chi connectivity index (χ2n) is 10.9. The van der Waals surface area contributed by atoms with E-state index in [1.54, 1.807) is 29.2 Å². The Morgan fingerprint density at radius 3 is 2.49 bits per heavy atom. The molecule has 198 valence electrons. The summed E-state index contributed by atoms with van der Waals surface area (Å²) in [5.41, 5.74) is 5.66. The quantitative estimate of drug-likeness (QED) is 0.318. The molecule has 0 saturated carbocycles. The number of nitrogens with zero attached hydrogens (tertiary/aromatic N) is 2. The van der Waals surface area contributed by atoms with E-state index in [4.69, 9.17) is 0 Å². The van der Waals surface area contributed by atoms with Gasteiger partial charge in [-0.3, -0.25) is 14.5 Å². The number of H-pyrrole nitrogens is 1. The number of urea groups is 1. The van der Waals surface area contributed by atoms with Crippen molar-refractivity contribution in [3.05, 3.63) is 101 Å². The number of fused-ring (bicyclic) bond motifs is 4. The van der Waals surface area contributed by atoms with Crippen LogP contribution in [0.4, 0.5) is 10.5 Å². The molecule has 2 atom stereocenters. The van der Waals surface area contributed by atoms with E-state index < -0.39 is 18.1 Å². The molecule has 2 N–H and O–H groups in total. The molecular weight excluding hydrogens is 488 g/mol. The van der Waals surface area contributed by atoms with Crippen molar-refractivity contribution < 1.29 is 14.4 Å². The number of para-hydroxylation sites is 2. The van der Waals surface area contributed by atoms with Crippen LogP contribution < -0.4 is 10.2 Å². The van der Waals surface area contributed by atoms with Gasteiger partial charge < -0.3 is 10.3 Å². The number of rotatable bonds is 6. The van der Waals surface area contributed by atoms with Crippen molar-refractivity contribution in [3.8, 4) is 0 Å². The number of anilines is 1. The van der Waals surface area contributed by atoms with Crippen LogP contribution in [0.2, 0.25) is 0 Å². The van der Waals surface area contributed by atoms with Gasteiger partial charge in [0.1, 0.15) is 12.1 Å². The zero-order chi connectivity index (χ0) is 27.3. The van der Waals surface area contributed by atoms with E-state index in [9.17, 15) is 14.4 Å². The lowest BCUT2D eigenvalue weighted by atomic mass is 9.88. The van der Waals surface area contributed by atoms with Gasteiger partial charge in [0.25, 0.3) is 11.8 Å². The molecule has 0 radical (unpaired) electrons. The Labute approximate surface area is 227 Å². The number of aryl methyl sites for hydroxylation is 1. The van der Waals surface area contributed by atoms with Gasteiger partial charge in [0, 0.05) is 29.6 Å². The van der Waals surface area contributed by atoms with Crippen LogP contribution >= 0.6 is 0 Å². The van der Waals surface area contributed by atoms with E-state index in [0.717, 1.165) is 39.7 Å². The van der Waals surface area contributed by atoms with Crippen LogP contribution in [0, 0.1) is 12.8 Å². The van der Waals surface area contributed by atoms with E-state index in [1.165, 1.54) is 4.90 Å². The van der Waals surface area contributed by atoms with Gasteiger partial charge >= 0.3 is 6.03 Å². The van der Waals surface area contributed by atoms with Gasteiger partial charge in [-0.05, 0) is 48.6 Å². The van der Waals surface area contributed by atoms with Gasteiger partial charge in [-0.2, -0.15) is 0 Å². The monoisotopic (exact) mass is 520 g/mol. The summed E-state index contributed by atoms with van der Waals surface area (Å²) in [6, 6.07) is 21.5. The van der Waals surface area contributed by atoms with Gasteiger partial charge in [0.2, 0.25) is 0 Å². The SMILES string of the molecule is Cc1ccc(C2c3[nH]c4ccccc4c3C[C@H]3C(=O)N(c4ccccc4C(=O)NCCC(C)C)C(=O)N23)cc1. The summed E-state index contributed by atoms with van der Waals surface area (Å²) in [6.45, 7) is 6.75. The third kappa shape index (κ3) is 4.18. The minimum Gasteiger partial charge on any atom is -0.356 e. The molecule has 4 amide bonds. The van der Waals surface area contributed by atoms with Crippen LogP contribution in [0.5, 0.6) is 0 Å². The number of aromatic amines is 1. The second-order valence-corrected chi connectivity index (χ2v) is 10.9. The van der Waals surface area contributed by atoms with Crippen molar-refractivity contribution in [2.75, 3.05) is 11.4 Å². The lowest BCUT2D eigenvalue weighted by Gasteiger charge is -2.36. The first kappa shape index (κ1) is 24.9. The van der Waals surface area contributed by atoms with Crippen LogP contribution in [0.1, 0.15) is 59.1 Å². The number of carbonyl (C=O) groups excluding carboxylic acids is 3. The fourth-order valence-electron chi connectivity index (χ4n) is 5.82. The van der Waals surface area contributed by atoms with E-state index >= 15 is 0 Å². The molecule has 1 unspecified atom stereocenters. The molecule has 1 saturated heterocycles. The van der Waals surface area contributed by atoms with E-state index in [1.807, 2.05) is 49.4 Å². The van der Waals surface area contributed by atoms with Crippen molar-refractivity contribution in [2.45, 2.75) is 45.7 Å². The highest BCUT2D eigenvalue weighted by Gasteiger charge is 2.53. The molecule has 7 heteroatoms. The van der Waals surface area contributed by atoms with Crippen LogP contribution in [0.3, 0.4) is 0 Å². The summed E-state index contributed by atoms with van der Waals surface area (Å²) in [4.78, 5) is 47.8. The minimum absolute atomic E-state index is 0.289. The van der Waals surface area contributed by atoms with Crippen LogP contribution in [-0.2, 0) is 11.2 Å².